The van der Waals surface area contributed by atoms with Gasteiger partial charge in [0.2, 0.25) is 0 Å². The summed E-state index contributed by atoms with van der Waals surface area (Å²) in [7, 11) is 0. The molecule has 0 bridgehead atoms. The van der Waals surface area contributed by atoms with Crippen LogP contribution in [0.2, 0.25) is 10.0 Å². The molecule has 5 heteroatoms. The number of anilines is 1. The van der Waals surface area contributed by atoms with Crippen LogP contribution < -0.4 is 5.32 Å². The van der Waals surface area contributed by atoms with Crippen molar-refractivity contribution in [3.63, 3.8) is 0 Å². The predicted molar refractivity (Wildman–Crippen MR) is 89.2 cm³/mol. The van der Waals surface area contributed by atoms with Gasteiger partial charge in [-0.15, -0.1) is 11.8 Å². The van der Waals surface area contributed by atoms with E-state index in [1.807, 2.05) is 6.92 Å². The quantitative estimate of drug-likeness (QED) is 0.742. The fourth-order valence-electron chi connectivity index (χ4n) is 1.80. The Labute approximate surface area is 133 Å². The lowest BCUT2D eigenvalue weighted by molar-refractivity contribution is 1.08. The number of aromatic nitrogens is 1. The first-order valence-electron chi connectivity index (χ1n) is 6.38. The minimum absolute atomic E-state index is 0.553. The minimum Gasteiger partial charge on any atom is -0.369 e. The van der Waals surface area contributed by atoms with Crippen LogP contribution in [0.3, 0.4) is 0 Å². The van der Waals surface area contributed by atoms with Crippen molar-refractivity contribution in [2.75, 3.05) is 11.9 Å². The molecule has 0 amide bonds. The number of hydrogen-bond donors (Lipinski definition) is 1. The molecule has 106 valence electrons. The van der Waals surface area contributed by atoms with Gasteiger partial charge in [0.25, 0.3) is 0 Å². The molecule has 1 heterocycles. The van der Waals surface area contributed by atoms with E-state index < -0.39 is 0 Å². The van der Waals surface area contributed by atoms with Crippen LogP contribution in [0.15, 0.2) is 35.4 Å². The Morgan fingerprint density at radius 1 is 1.20 bits per heavy atom. The first kappa shape index (κ1) is 15.5. The smallest absolute Gasteiger partial charge is 0.146 e. The summed E-state index contributed by atoms with van der Waals surface area (Å²) < 4.78 is 0. The Kier molecular flexibility index (Phi) is 5.58. The van der Waals surface area contributed by atoms with Gasteiger partial charge < -0.3 is 5.32 Å². The van der Waals surface area contributed by atoms with E-state index in [4.69, 9.17) is 23.2 Å². The van der Waals surface area contributed by atoms with Gasteiger partial charge in [-0.25, -0.2) is 4.98 Å². The summed E-state index contributed by atoms with van der Waals surface area (Å²) in [6.07, 6.45) is 0. The number of benzene rings is 1. The van der Waals surface area contributed by atoms with E-state index in [1.54, 1.807) is 17.8 Å². The van der Waals surface area contributed by atoms with Crippen LogP contribution >= 0.6 is 35.0 Å². The number of aryl methyl sites for hydroxylation is 1. The van der Waals surface area contributed by atoms with Crippen LogP contribution in [0.25, 0.3) is 0 Å². The molecule has 1 aromatic heterocycles. The van der Waals surface area contributed by atoms with E-state index in [0.29, 0.717) is 15.9 Å². The van der Waals surface area contributed by atoms with Gasteiger partial charge in [-0.3, -0.25) is 0 Å². The molecule has 0 unspecified atom stereocenters. The zero-order valence-corrected chi connectivity index (χ0v) is 13.7. The van der Waals surface area contributed by atoms with Gasteiger partial charge in [0.15, 0.2) is 0 Å². The van der Waals surface area contributed by atoms with E-state index in [-0.39, 0.29) is 0 Å². The van der Waals surface area contributed by atoms with Gasteiger partial charge >= 0.3 is 0 Å². The van der Waals surface area contributed by atoms with E-state index in [1.165, 1.54) is 11.1 Å². The van der Waals surface area contributed by atoms with Gasteiger partial charge in [0.05, 0.1) is 10.0 Å². The monoisotopic (exact) mass is 326 g/mol. The first-order valence-corrected chi connectivity index (χ1v) is 8.12. The summed E-state index contributed by atoms with van der Waals surface area (Å²) in [5, 5.41) is 5.08. The molecule has 1 aromatic carbocycles. The van der Waals surface area contributed by atoms with E-state index >= 15 is 0 Å². The van der Waals surface area contributed by atoms with Gasteiger partial charge in [-0.05, 0) is 25.5 Å². The third-order valence-electron chi connectivity index (χ3n) is 2.70. The van der Waals surface area contributed by atoms with Crippen LogP contribution in [0.5, 0.6) is 0 Å². The number of nitrogens with zero attached hydrogens (tertiary/aromatic N) is 1. The summed E-state index contributed by atoms with van der Waals surface area (Å²) in [4.78, 5) is 4.49. The van der Waals surface area contributed by atoms with Crippen LogP contribution in [-0.2, 0) is 5.75 Å². The fourth-order valence-corrected chi connectivity index (χ4v) is 3.22. The van der Waals surface area contributed by atoms with Crippen LogP contribution in [-0.4, -0.2) is 11.5 Å². The first-order chi connectivity index (χ1) is 9.60. The molecule has 0 saturated heterocycles. The van der Waals surface area contributed by atoms with Crippen molar-refractivity contribution >= 4 is 40.8 Å². The molecule has 2 aromatic rings. The predicted octanol–water partition coefficient (Wildman–Crippen LogP) is 5.42. The third kappa shape index (κ3) is 4.05. The van der Waals surface area contributed by atoms with Crippen molar-refractivity contribution in [2.45, 2.75) is 24.6 Å². The van der Waals surface area contributed by atoms with Gasteiger partial charge in [-0.1, -0.05) is 53.0 Å². The Balaban J connectivity index is 2.14. The number of hydrogen-bond acceptors (Lipinski definition) is 3. The highest BCUT2D eigenvalue weighted by Crippen LogP contribution is 2.33. The highest BCUT2D eigenvalue weighted by molar-refractivity contribution is 7.98. The van der Waals surface area contributed by atoms with Crippen molar-refractivity contribution in [3.8, 4) is 0 Å². The van der Waals surface area contributed by atoms with Crippen molar-refractivity contribution in [3.05, 3.63) is 51.5 Å². The second-order valence-electron chi connectivity index (χ2n) is 4.41. The molecule has 0 atom stereocenters. The topological polar surface area (TPSA) is 24.9 Å². The number of pyridine rings is 1. The number of halogens is 2. The summed E-state index contributed by atoms with van der Waals surface area (Å²) >= 11 is 13.9. The Morgan fingerprint density at radius 2 is 2.00 bits per heavy atom. The molecule has 2 nitrogen and oxygen atoms in total. The van der Waals surface area contributed by atoms with E-state index in [0.717, 1.165) is 17.3 Å². The molecule has 1 N–H and O–H groups in total. The maximum Gasteiger partial charge on any atom is 0.146 e. The van der Waals surface area contributed by atoms with Gasteiger partial charge in [-0.2, -0.15) is 0 Å². The maximum atomic E-state index is 6.20. The standard InChI is InChI=1S/C15H16Cl2N2S/c1-3-18-14-12(16)8-13(17)15(19-14)20-9-11-6-4-5-10(2)7-11/h4-8H,3,9H2,1-2H3,(H,18,19). The average molecular weight is 327 g/mol. The molecular weight excluding hydrogens is 311 g/mol. The van der Waals surface area contributed by atoms with Crippen molar-refractivity contribution in [2.24, 2.45) is 0 Å². The van der Waals surface area contributed by atoms with Crippen LogP contribution in [0.4, 0.5) is 5.82 Å². The highest BCUT2D eigenvalue weighted by Gasteiger charge is 2.09. The Morgan fingerprint density at radius 3 is 2.70 bits per heavy atom. The van der Waals surface area contributed by atoms with Gasteiger partial charge in [0.1, 0.15) is 10.8 Å². The molecule has 0 aliphatic heterocycles. The Bertz CT molecular complexity index is 602. The van der Waals surface area contributed by atoms with Crippen molar-refractivity contribution < 1.29 is 0 Å². The Hall–Kier alpha value is -0.900. The molecule has 0 radical (unpaired) electrons. The second-order valence-corrected chi connectivity index (χ2v) is 6.19. The van der Waals surface area contributed by atoms with E-state index in [2.05, 4.69) is 41.5 Å². The second kappa shape index (κ2) is 7.21. The molecule has 0 aliphatic carbocycles. The molecular formula is C15H16Cl2N2S. The van der Waals surface area contributed by atoms with E-state index in [9.17, 15) is 0 Å². The molecule has 20 heavy (non-hydrogen) atoms. The summed E-state index contributed by atoms with van der Waals surface area (Å²) in [5.41, 5.74) is 2.51. The molecule has 2 rings (SSSR count). The average Bonchev–Trinajstić information content (AvgIpc) is 2.41. The molecule has 0 aliphatic rings. The third-order valence-corrected chi connectivity index (χ3v) is 4.45. The largest absolute Gasteiger partial charge is 0.369 e. The van der Waals surface area contributed by atoms with Crippen LogP contribution in [0.1, 0.15) is 18.1 Å². The van der Waals surface area contributed by atoms with Gasteiger partial charge in [0, 0.05) is 12.3 Å². The molecule has 0 spiro atoms. The zero-order valence-electron chi connectivity index (χ0n) is 11.4. The lowest BCUT2D eigenvalue weighted by Gasteiger charge is -2.09. The summed E-state index contributed by atoms with van der Waals surface area (Å²) in [6, 6.07) is 10.2. The maximum absolute atomic E-state index is 6.20. The van der Waals surface area contributed by atoms with Crippen molar-refractivity contribution in [1.82, 2.24) is 4.98 Å². The number of nitrogens with one attached hydrogen (secondary N) is 1. The SMILES string of the molecule is CCNc1nc(SCc2cccc(C)c2)c(Cl)cc1Cl. The minimum atomic E-state index is 0.553. The summed E-state index contributed by atoms with van der Waals surface area (Å²) in [5.74, 6) is 1.52. The lowest BCUT2D eigenvalue weighted by Crippen LogP contribution is -2.01. The number of thioether (sulfide) groups is 1. The molecule has 0 saturated carbocycles. The molecule has 0 fully saturated rings. The highest BCUT2D eigenvalue weighted by atomic mass is 35.5. The normalized spacial score (nSPS) is 10.6. The lowest BCUT2D eigenvalue weighted by atomic mass is 10.2. The zero-order chi connectivity index (χ0) is 14.5. The van der Waals surface area contributed by atoms with Crippen LogP contribution in [0, 0.1) is 6.92 Å². The number of rotatable bonds is 5. The fraction of sp³-hybridized carbons (Fsp3) is 0.267. The van der Waals surface area contributed by atoms with Crippen molar-refractivity contribution in [1.29, 1.82) is 0 Å². The summed E-state index contributed by atoms with van der Waals surface area (Å²) in [6.45, 7) is 4.87.